The van der Waals surface area contributed by atoms with Gasteiger partial charge in [0.1, 0.15) is 0 Å². The number of ether oxygens (including phenoxy) is 1. The van der Waals surface area contributed by atoms with Crippen molar-refractivity contribution in [2.45, 2.75) is 51.2 Å². The fourth-order valence-electron chi connectivity index (χ4n) is 3.59. The van der Waals surface area contributed by atoms with Gasteiger partial charge in [0, 0.05) is 33.3 Å². The van der Waals surface area contributed by atoms with Gasteiger partial charge >= 0.3 is 0 Å². The Morgan fingerprint density at radius 1 is 1.25 bits per heavy atom. The number of hydrogen-bond acceptors (Lipinski definition) is 2. The molecule has 0 radical (unpaired) electrons. The lowest BCUT2D eigenvalue weighted by atomic mass is 10.0. The Balaban J connectivity index is 0.00000208. The van der Waals surface area contributed by atoms with E-state index in [2.05, 4.69) is 39.5 Å². The van der Waals surface area contributed by atoms with Crippen LogP contribution in [0, 0.1) is 0 Å². The minimum Gasteiger partial charge on any atom is -0.378 e. The van der Waals surface area contributed by atoms with Crippen molar-refractivity contribution in [1.29, 1.82) is 0 Å². The number of halogens is 1. The molecule has 1 aromatic carbocycles. The Hall–Kier alpha value is -0.820. The van der Waals surface area contributed by atoms with E-state index in [0.717, 1.165) is 45.0 Å². The van der Waals surface area contributed by atoms with E-state index < -0.39 is 0 Å². The van der Waals surface area contributed by atoms with Crippen LogP contribution >= 0.6 is 24.0 Å². The second-order valence-corrected chi connectivity index (χ2v) is 6.55. The zero-order chi connectivity index (χ0) is 15.9. The first-order valence-corrected chi connectivity index (χ1v) is 9.01. The Kier molecular flexibility index (Phi) is 8.32. The van der Waals surface area contributed by atoms with Crippen LogP contribution in [0.3, 0.4) is 0 Å². The van der Waals surface area contributed by atoms with E-state index in [0.29, 0.717) is 6.10 Å². The van der Waals surface area contributed by atoms with E-state index in [1.165, 1.54) is 36.8 Å². The van der Waals surface area contributed by atoms with E-state index >= 15 is 0 Å². The number of guanidine groups is 1. The summed E-state index contributed by atoms with van der Waals surface area (Å²) in [7, 11) is 1.87. The molecule has 1 aliphatic carbocycles. The molecule has 0 bridgehead atoms. The van der Waals surface area contributed by atoms with Crippen LogP contribution in [0.25, 0.3) is 0 Å². The van der Waals surface area contributed by atoms with Crippen molar-refractivity contribution in [3.63, 3.8) is 0 Å². The first kappa shape index (κ1) is 19.5. The van der Waals surface area contributed by atoms with Gasteiger partial charge in [0.05, 0.1) is 6.10 Å². The predicted molar refractivity (Wildman–Crippen MR) is 110 cm³/mol. The highest BCUT2D eigenvalue weighted by molar-refractivity contribution is 14.0. The first-order chi connectivity index (χ1) is 11.4. The van der Waals surface area contributed by atoms with Crippen LogP contribution in [-0.2, 0) is 17.7 Å². The van der Waals surface area contributed by atoms with E-state index in [9.17, 15) is 0 Å². The maximum atomic E-state index is 5.92. The summed E-state index contributed by atoms with van der Waals surface area (Å²) >= 11 is 0. The molecule has 1 aliphatic heterocycles. The lowest BCUT2D eigenvalue weighted by molar-refractivity contribution is 0.0573. The Labute approximate surface area is 163 Å². The van der Waals surface area contributed by atoms with Crippen LogP contribution in [0.2, 0.25) is 0 Å². The van der Waals surface area contributed by atoms with Crippen molar-refractivity contribution in [2.75, 3.05) is 26.7 Å². The van der Waals surface area contributed by atoms with Gasteiger partial charge in [-0.05, 0) is 36.8 Å². The van der Waals surface area contributed by atoms with Crippen LogP contribution in [0.15, 0.2) is 29.3 Å². The number of benzene rings is 1. The lowest BCUT2D eigenvalue weighted by Gasteiger charge is -2.31. The van der Waals surface area contributed by atoms with E-state index in [-0.39, 0.29) is 24.0 Å². The van der Waals surface area contributed by atoms with Gasteiger partial charge in [-0.1, -0.05) is 37.1 Å². The second-order valence-electron chi connectivity index (χ2n) is 6.55. The number of aliphatic imine (C=N–C) groups is 1. The zero-order valence-electron chi connectivity index (χ0n) is 14.7. The lowest BCUT2D eigenvalue weighted by Crippen LogP contribution is -2.44. The molecule has 134 valence electrons. The number of nitrogens with one attached hydrogen (secondary N) is 1. The maximum Gasteiger partial charge on any atom is 0.193 e. The first-order valence-electron chi connectivity index (χ1n) is 9.01. The summed E-state index contributed by atoms with van der Waals surface area (Å²) in [6.07, 6.45) is 7.84. The third-order valence-corrected chi connectivity index (χ3v) is 4.90. The molecule has 3 rings (SSSR count). The van der Waals surface area contributed by atoms with Crippen molar-refractivity contribution < 1.29 is 4.74 Å². The van der Waals surface area contributed by atoms with Gasteiger partial charge in [-0.3, -0.25) is 4.99 Å². The molecule has 1 fully saturated rings. The minimum absolute atomic E-state index is 0. The minimum atomic E-state index is 0. The standard InChI is InChI=1S/C19H29N3O.HI/c1-20-19(21-12-6-14-23-18-9-4-5-10-18)22-13-11-16-7-2-3-8-17(16)15-22;/h2-3,7-8,18H,4-6,9-15H2,1H3,(H,20,21);1H. The average Bonchev–Trinajstić information content (AvgIpc) is 3.11. The summed E-state index contributed by atoms with van der Waals surface area (Å²) < 4.78 is 5.92. The number of fused-ring (bicyclic) bond motifs is 1. The molecule has 4 nitrogen and oxygen atoms in total. The van der Waals surface area contributed by atoms with Gasteiger partial charge in [-0.2, -0.15) is 0 Å². The van der Waals surface area contributed by atoms with Crippen LogP contribution < -0.4 is 5.32 Å². The largest absolute Gasteiger partial charge is 0.378 e. The molecule has 0 spiro atoms. The van der Waals surface area contributed by atoms with E-state index in [1.807, 2.05) is 7.05 Å². The van der Waals surface area contributed by atoms with Crippen molar-refractivity contribution in [3.05, 3.63) is 35.4 Å². The summed E-state index contributed by atoms with van der Waals surface area (Å²) in [6.45, 7) is 3.78. The predicted octanol–water partition coefficient (Wildman–Crippen LogP) is 3.59. The molecule has 24 heavy (non-hydrogen) atoms. The van der Waals surface area contributed by atoms with Crippen LogP contribution in [0.5, 0.6) is 0 Å². The van der Waals surface area contributed by atoms with Crippen LogP contribution in [0.4, 0.5) is 0 Å². The molecule has 1 saturated carbocycles. The van der Waals surface area contributed by atoms with Gasteiger partial charge in [0.25, 0.3) is 0 Å². The fourth-order valence-corrected chi connectivity index (χ4v) is 3.59. The fraction of sp³-hybridized carbons (Fsp3) is 0.632. The van der Waals surface area contributed by atoms with Gasteiger partial charge in [-0.25, -0.2) is 0 Å². The van der Waals surface area contributed by atoms with E-state index in [1.54, 1.807) is 0 Å². The average molecular weight is 443 g/mol. The van der Waals surface area contributed by atoms with Crippen LogP contribution in [0.1, 0.15) is 43.2 Å². The molecule has 0 atom stereocenters. The molecule has 1 heterocycles. The molecule has 0 aromatic heterocycles. The Morgan fingerprint density at radius 2 is 2.00 bits per heavy atom. The summed E-state index contributed by atoms with van der Waals surface area (Å²) in [6, 6.07) is 8.72. The van der Waals surface area contributed by atoms with Gasteiger partial charge in [-0.15, -0.1) is 24.0 Å². The molecular weight excluding hydrogens is 413 g/mol. The summed E-state index contributed by atoms with van der Waals surface area (Å²) in [4.78, 5) is 6.80. The highest BCUT2D eigenvalue weighted by Gasteiger charge is 2.18. The highest BCUT2D eigenvalue weighted by atomic mass is 127. The molecule has 5 heteroatoms. The smallest absolute Gasteiger partial charge is 0.193 e. The highest BCUT2D eigenvalue weighted by Crippen LogP contribution is 2.21. The normalized spacial score (nSPS) is 18.2. The third kappa shape index (κ3) is 5.34. The molecule has 0 amide bonds. The van der Waals surface area contributed by atoms with Crippen molar-refractivity contribution >= 4 is 29.9 Å². The molecular formula is C19H30IN3O. The van der Waals surface area contributed by atoms with Crippen molar-refractivity contribution in [2.24, 2.45) is 4.99 Å². The maximum absolute atomic E-state index is 5.92. The SMILES string of the molecule is CN=C(NCCCOC1CCCC1)N1CCc2ccccc2C1.I. The molecule has 1 N–H and O–H groups in total. The summed E-state index contributed by atoms with van der Waals surface area (Å²) in [5.41, 5.74) is 2.90. The molecule has 2 aliphatic rings. The second kappa shape index (κ2) is 10.2. The quantitative estimate of drug-likeness (QED) is 0.327. The summed E-state index contributed by atoms with van der Waals surface area (Å²) in [5.74, 6) is 1.01. The molecule has 1 aromatic rings. The molecule has 0 saturated heterocycles. The Morgan fingerprint density at radius 3 is 2.75 bits per heavy atom. The summed E-state index contributed by atoms with van der Waals surface area (Å²) in [5, 5.41) is 3.49. The van der Waals surface area contributed by atoms with E-state index in [4.69, 9.17) is 4.74 Å². The number of hydrogen-bond donors (Lipinski definition) is 1. The number of nitrogens with zero attached hydrogens (tertiary/aromatic N) is 2. The van der Waals surface area contributed by atoms with Crippen LogP contribution in [-0.4, -0.2) is 43.7 Å². The van der Waals surface area contributed by atoms with Gasteiger partial charge in [0.2, 0.25) is 0 Å². The third-order valence-electron chi connectivity index (χ3n) is 4.90. The van der Waals surface area contributed by atoms with Crippen molar-refractivity contribution in [1.82, 2.24) is 10.2 Å². The monoisotopic (exact) mass is 443 g/mol. The van der Waals surface area contributed by atoms with Crippen molar-refractivity contribution in [3.8, 4) is 0 Å². The van der Waals surface area contributed by atoms with Gasteiger partial charge < -0.3 is 15.0 Å². The topological polar surface area (TPSA) is 36.9 Å². The van der Waals surface area contributed by atoms with Gasteiger partial charge in [0.15, 0.2) is 5.96 Å². The number of rotatable bonds is 5. The molecule has 0 unspecified atom stereocenters. The Bertz CT molecular complexity index is 529. The zero-order valence-corrected chi connectivity index (χ0v) is 17.0.